The lowest BCUT2D eigenvalue weighted by molar-refractivity contribution is 0.116. The molecule has 0 aromatic carbocycles. The molecule has 1 aliphatic rings. The van der Waals surface area contributed by atoms with Crippen molar-refractivity contribution in [2.24, 2.45) is 5.92 Å². The second kappa shape index (κ2) is 5.87. The molecule has 1 aromatic rings. The van der Waals surface area contributed by atoms with Crippen molar-refractivity contribution in [2.75, 3.05) is 0 Å². The van der Waals surface area contributed by atoms with Crippen LogP contribution in [0.1, 0.15) is 50.4 Å². The Balaban J connectivity index is 2.09. The third-order valence-electron chi connectivity index (χ3n) is 3.74. The molecule has 3 nitrogen and oxygen atoms in total. The predicted octanol–water partition coefficient (Wildman–Crippen LogP) is 4.09. The number of hydrogen-bond donors (Lipinski definition) is 0. The van der Waals surface area contributed by atoms with Gasteiger partial charge in [-0.1, -0.05) is 31.4 Å². The third kappa shape index (κ3) is 3.14. The summed E-state index contributed by atoms with van der Waals surface area (Å²) in [7, 11) is 0. The van der Waals surface area contributed by atoms with Crippen LogP contribution >= 0.6 is 11.6 Å². The van der Waals surface area contributed by atoms with Gasteiger partial charge in [0.15, 0.2) is 0 Å². The van der Waals surface area contributed by atoms with E-state index in [0.29, 0.717) is 16.9 Å². The second-order valence-corrected chi connectivity index (χ2v) is 5.53. The van der Waals surface area contributed by atoms with Gasteiger partial charge in [0.2, 0.25) is 5.88 Å². The fourth-order valence-corrected chi connectivity index (χ4v) is 2.77. The lowest BCUT2D eigenvalue weighted by Crippen LogP contribution is -2.26. The molecule has 0 spiro atoms. The number of aryl methyl sites for hydroxylation is 1. The molecule has 4 heteroatoms. The van der Waals surface area contributed by atoms with Crippen molar-refractivity contribution in [3.8, 4) is 5.88 Å². The van der Waals surface area contributed by atoms with Crippen molar-refractivity contribution in [2.45, 2.75) is 59.0 Å². The highest BCUT2D eigenvalue weighted by atomic mass is 35.5. The van der Waals surface area contributed by atoms with E-state index < -0.39 is 0 Å². The first-order valence-corrected chi connectivity index (χ1v) is 7.15. The van der Waals surface area contributed by atoms with Crippen molar-refractivity contribution < 1.29 is 4.74 Å². The molecule has 2 atom stereocenters. The molecule has 1 aliphatic carbocycles. The predicted molar refractivity (Wildman–Crippen MR) is 73.2 cm³/mol. The molecule has 2 unspecified atom stereocenters. The molecular weight excluding hydrogens is 248 g/mol. The van der Waals surface area contributed by atoms with E-state index >= 15 is 0 Å². The fraction of sp³-hybridized carbons (Fsp3) is 0.714. The van der Waals surface area contributed by atoms with E-state index in [1.807, 2.05) is 13.8 Å². The molecule has 1 saturated carbocycles. The zero-order chi connectivity index (χ0) is 13.1. The molecule has 2 rings (SSSR count). The highest BCUT2D eigenvalue weighted by Gasteiger charge is 2.23. The minimum absolute atomic E-state index is 0.285. The molecule has 1 aromatic heterocycles. The summed E-state index contributed by atoms with van der Waals surface area (Å²) in [5.74, 6) is 2.13. The van der Waals surface area contributed by atoms with Gasteiger partial charge >= 0.3 is 0 Å². The Morgan fingerprint density at radius 1 is 1.28 bits per heavy atom. The van der Waals surface area contributed by atoms with Gasteiger partial charge in [0.25, 0.3) is 0 Å². The number of ether oxygens (including phenoxy) is 1. The summed E-state index contributed by atoms with van der Waals surface area (Å²) < 4.78 is 6.04. The van der Waals surface area contributed by atoms with Gasteiger partial charge < -0.3 is 4.74 Å². The molecule has 0 bridgehead atoms. The summed E-state index contributed by atoms with van der Waals surface area (Å²) in [5, 5.41) is 0.500. The summed E-state index contributed by atoms with van der Waals surface area (Å²) in [4.78, 5) is 8.49. The highest BCUT2D eigenvalue weighted by Crippen LogP contribution is 2.31. The molecule has 0 amide bonds. The van der Waals surface area contributed by atoms with Crippen LogP contribution in [0.3, 0.4) is 0 Å². The van der Waals surface area contributed by atoms with Crippen molar-refractivity contribution in [1.29, 1.82) is 0 Å². The van der Waals surface area contributed by atoms with Crippen LogP contribution in [0.25, 0.3) is 0 Å². The number of hydrogen-bond acceptors (Lipinski definition) is 3. The molecule has 100 valence electrons. The topological polar surface area (TPSA) is 35.0 Å². The first kappa shape index (κ1) is 13.6. The maximum Gasteiger partial charge on any atom is 0.221 e. The van der Waals surface area contributed by atoms with Crippen LogP contribution in [-0.4, -0.2) is 16.1 Å². The van der Waals surface area contributed by atoms with Gasteiger partial charge in [-0.15, -0.1) is 0 Å². The van der Waals surface area contributed by atoms with Gasteiger partial charge in [-0.25, -0.2) is 4.98 Å². The van der Waals surface area contributed by atoms with Crippen LogP contribution in [0.15, 0.2) is 0 Å². The molecule has 18 heavy (non-hydrogen) atoms. The summed E-state index contributed by atoms with van der Waals surface area (Å²) in [5.41, 5.74) is 0.848. The third-order valence-corrected chi connectivity index (χ3v) is 4.11. The Bertz CT molecular complexity index is 423. The standard InChI is InChI=1S/C14H21ClN2O/c1-4-11-6-5-7-12(8-11)18-14-9(2)13(15)16-10(3)17-14/h11-12H,4-8H2,1-3H3. The summed E-state index contributed by atoms with van der Waals surface area (Å²) >= 11 is 6.06. The van der Waals surface area contributed by atoms with Gasteiger partial charge in [-0.05, 0) is 39.0 Å². The van der Waals surface area contributed by atoms with E-state index in [1.165, 1.54) is 19.3 Å². The lowest BCUT2D eigenvalue weighted by Gasteiger charge is -2.29. The Hall–Kier alpha value is -0.830. The number of rotatable bonds is 3. The first-order valence-electron chi connectivity index (χ1n) is 6.77. The molecule has 1 fully saturated rings. The molecule has 1 heterocycles. The highest BCUT2D eigenvalue weighted by molar-refractivity contribution is 6.30. The fourth-order valence-electron chi connectivity index (χ4n) is 2.56. The van der Waals surface area contributed by atoms with E-state index in [1.54, 1.807) is 0 Å². The van der Waals surface area contributed by atoms with E-state index in [-0.39, 0.29) is 6.10 Å². The Morgan fingerprint density at radius 3 is 2.78 bits per heavy atom. The van der Waals surface area contributed by atoms with E-state index in [4.69, 9.17) is 16.3 Å². The molecule has 0 N–H and O–H groups in total. The largest absolute Gasteiger partial charge is 0.474 e. The van der Waals surface area contributed by atoms with Gasteiger partial charge in [0.1, 0.15) is 17.1 Å². The van der Waals surface area contributed by atoms with Crippen LogP contribution in [0.5, 0.6) is 5.88 Å². The average molecular weight is 269 g/mol. The van der Waals surface area contributed by atoms with Gasteiger partial charge in [-0.2, -0.15) is 4.98 Å². The van der Waals surface area contributed by atoms with Crippen molar-refractivity contribution in [3.05, 3.63) is 16.5 Å². The summed E-state index contributed by atoms with van der Waals surface area (Å²) in [6.45, 7) is 6.01. The van der Waals surface area contributed by atoms with Crippen molar-refractivity contribution >= 4 is 11.6 Å². The van der Waals surface area contributed by atoms with Gasteiger partial charge in [0, 0.05) is 5.56 Å². The summed E-state index contributed by atoms with van der Waals surface area (Å²) in [6, 6.07) is 0. The maximum atomic E-state index is 6.06. The quantitative estimate of drug-likeness (QED) is 0.775. The number of nitrogens with zero attached hydrogens (tertiary/aromatic N) is 2. The van der Waals surface area contributed by atoms with Gasteiger partial charge in [-0.3, -0.25) is 0 Å². The molecular formula is C14H21ClN2O. The van der Waals surface area contributed by atoms with Crippen molar-refractivity contribution in [1.82, 2.24) is 9.97 Å². The monoisotopic (exact) mass is 268 g/mol. The van der Waals surface area contributed by atoms with E-state index in [9.17, 15) is 0 Å². The molecule has 0 aliphatic heterocycles. The van der Waals surface area contributed by atoms with Crippen LogP contribution in [0.2, 0.25) is 5.15 Å². The zero-order valence-corrected chi connectivity index (χ0v) is 12.1. The van der Waals surface area contributed by atoms with Crippen LogP contribution in [0.4, 0.5) is 0 Å². The molecule has 0 saturated heterocycles. The smallest absolute Gasteiger partial charge is 0.221 e. The van der Waals surface area contributed by atoms with Crippen LogP contribution in [0, 0.1) is 19.8 Å². The first-order chi connectivity index (χ1) is 8.60. The average Bonchev–Trinajstić information content (AvgIpc) is 2.35. The van der Waals surface area contributed by atoms with E-state index in [0.717, 1.165) is 24.3 Å². The maximum absolute atomic E-state index is 6.06. The summed E-state index contributed by atoms with van der Waals surface area (Å²) in [6.07, 6.45) is 6.36. The normalized spacial score (nSPS) is 24.0. The zero-order valence-electron chi connectivity index (χ0n) is 11.4. The van der Waals surface area contributed by atoms with E-state index in [2.05, 4.69) is 16.9 Å². The molecule has 0 radical (unpaired) electrons. The lowest BCUT2D eigenvalue weighted by atomic mass is 9.85. The Morgan fingerprint density at radius 2 is 2.06 bits per heavy atom. The van der Waals surface area contributed by atoms with Gasteiger partial charge in [0.05, 0.1) is 0 Å². The second-order valence-electron chi connectivity index (χ2n) is 5.17. The number of halogens is 1. The SMILES string of the molecule is CCC1CCCC(Oc2nc(C)nc(Cl)c2C)C1. The number of aromatic nitrogens is 2. The Labute approximate surface area is 114 Å². The van der Waals surface area contributed by atoms with Crippen molar-refractivity contribution in [3.63, 3.8) is 0 Å². The Kier molecular flexibility index (Phi) is 4.44. The minimum Gasteiger partial charge on any atom is -0.474 e. The minimum atomic E-state index is 0.285. The van der Waals surface area contributed by atoms with Crippen LogP contribution < -0.4 is 4.74 Å². The van der Waals surface area contributed by atoms with Crippen LogP contribution in [-0.2, 0) is 0 Å².